The number of hydrogen-bond acceptors (Lipinski definition) is 4. The van der Waals surface area contributed by atoms with E-state index in [1.54, 1.807) is 24.3 Å². The number of sulfonamides is 1. The van der Waals surface area contributed by atoms with Gasteiger partial charge in [0.15, 0.2) is 0 Å². The van der Waals surface area contributed by atoms with Crippen molar-refractivity contribution in [1.29, 1.82) is 0 Å². The Morgan fingerprint density at radius 3 is 2.25 bits per heavy atom. The van der Waals surface area contributed by atoms with Crippen LogP contribution in [0.4, 0.5) is 5.69 Å². The third kappa shape index (κ3) is 3.71. The summed E-state index contributed by atoms with van der Waals surface area (Å²) in [4.78, 5) is 0.286. The zero-order valence-corrected chi connectivity index (χ0v) is 12.6. The minimum Gasteiger partial charge on any atom is -0.324 e. The van der Waals surface area contributed by atoms with E-state index in [4.69, 9.17) is 5.84 Å². The molecule has 0 aliphatic heterocycles. The molecule has 2 rings (SSSR count). The molecule has 0 unspecified atom stereocenters. The average Bonchev–Trinajstić information content (AvgIpc) is 2.48. The van der Waals surface area contributed by atoms with Crippen molar-refractivity contribution in [3.63, 3.8) is 0 Å². The van der Waals surface area contributed by atoms with Crippen molar-refractivity contribution in [3.8, 4) is 0 Å². The van der Waals surface area contributed by atoms with E-state index in [2.05, 4.69) is 17.1 Å². The number of rotatable bonds is 5. The highest BCUT2D eigenvalue weighted by atomic mass is 32.2. The maximum atomic E-state index is 12.3. The summed E-state index contributed by atoms with van der Waals surface area (Å²) in [5.74, 6) is 6.02. The minimum absolute atomic E-state index is 0.0649. The molecular weight excluding hydrogens is 274 g/mol. The van der Waals surface area contributed by atoms with Gasteiger partial charge in [-0.05, 0) is 55.9 Å². The van der Waals surface area contributed by atoms with Crippen LogP contribution < -0.4 is 16.0 Å². The molecule has 6 heteroatoms. The standard InChI is InChI=1S/C14H23N3O2S/c1-2-11-3-5-13(6-4-11)17-20(18,19)14-9-7-12(16-15)8-10-14/h7-11,13,16-17H,2-6,15H2,1H3. The summed E-state index contributed by atoms with van der Waals surface area (Å²) in [7, 11) is -3.43. The van der Waals surface area contributed by atoms with Crippen LogP contribution in [-0.2, 0) is 10.0 Å². The van der Waals surface area contributed by atoms with Crippen molar-refractivity contribution in [3.05, 3.63) is 24.3 Å². The summed E-state index contributed by atoms with van der Waals surface area (Å²) in [6, 6.07) is 6.50. The van der Waals surface area contributed by atoms with Crippen molar-refractivity contribution in [2.45, 2.75) is 50.0 Å². The first-order chi connectivity index (χ1) is 9.55. The Labute approximate surface area is 121 Å². The van der Waals surface area contributed by atoms with Crippen LogP contribution in [0.25, 0.3) is 0 Å². The van der Waals surface area contributed by atoms with Crippen LogP contribution in [0.3, 0.4) is 0 Å². The second-order valence-electron chi connectivity index (χ2n) is 5.42. The fourth-order valence-electron chi connectivity index (χ4n) is 2.71. The number of benzene rings is 1. The molecule has 1 aromatic rings. The number of anilines is 1. The van der Waals surface area contributed by atoms with Crippen LogP contribution in [0.5, 0.6) is 0 Å². The summed E-state index contributed by atoms with van der Waals surface area (Å²) < 4.78 is 27.4. The van der Waals surface area contributed by atoms with E-state index >= 15 is 0 Å². The highest BCUT2D eigenvalue weighted by Crippen LogP contribution is 2.27. The van der Waals surface area contributed by atoms with E-state index in [-0.39, 0.29) is 10.9 Å². The number of nitrogen functional groups attached to an aromatic ring is 1. The first-order valence-electron chi connectivity index (χ1n) is 7.14. The summed E-state index contributed by atoms with van der Waals surface area (Å²) >= 11 is 0. The average molecular weight is 297 g/mol. The molecular formula is C14H23N3O2S. The lowest BCUT2D eigenvalue weighted by Gasteiger charge is -2.28. The van der Waals surface area contributed by atoms with Crippen molar-refractivity contribution in [2.24, 2.45) is 11.8 Å². The molecule has 0 spiro atoms. The van der Waals surface area contributed by atoms with Gasteiger partial charge in [-0.3, -0.25) is 5.84 Å². The predicted octanol–water partition coefficient (Wildman–Crippen LogP) is 2.22. The molecule has 0 heterocycles. The Balaban J connectivity index is 2.00. The van der Waals surface area contributed by atoms with Crippen LogP contribution >= 0.6 is 0 Å². The normalized spacial score (nSPS) is 23.5. The zero-order valence-electron chi connectivity index (χ0n) is 11.8. The zero-order chi connectivity index (χ0) is 14.6. The molecule has 1 aliphatic carbocycles. The molecule has 0 amide bonds. The smallest absolute Gasteiger partial charge is 0.240 e. The van der Waals surface area contributed by atoms with Gasteiger partial charge in [-0.1, -0.05) is 13.3 Å². The van der Waals surface area contributed by atoms with Gasteiger partial charge in [0.25, 0.3) is 0 Å². The SMILES string of the molecule is CCC1CCC(NS(=O)(=O)c2ccc(NN)cc2)CC1. The van der Waals surface area contributed by atoms with Crippen molar-refractivity contribution >= 4 is 15.7 Å². The second-order valence-corrected chi connectivity index (χ2v) is 7.13. The van der Waals surface area contributed by atoms with Gasteiger partial charge in [-0.15, -0.1) is 0 Å². The maximum Gasteiger partial charge on any atom is 0.240 e. The number of hydrogen-bond donors (Lipinski definition) is 3. The van der Waals surface area contributed by atoms with E-state index in [1.165, 1.54) is 6.42 Å². The lowest BCUT2D eigenvalue weighted by Crippen LogP contribution is -2.37. The number of nitrogens with two attached hydrogens (primary N) is 1. The summed E-state index contributed by atoms with van der Waals surface area (Å²) in [5, 5.41) is 0. The number of hydrazine groups is 1. The fraction of sp³-hybridized carbons (Fsp3) is 0.571. The molecule has 1 saturated carbocycles. The maximum absolute atomic E-state index is 12.3. The topological polar surface area (TPSA) is 84.2 Å². The van der Waals surface area contributed by atoms with Crippen LogP contribution in [0, 0.1) is 5.92 Å². The molecule has 112 valence electrons. The number of nitrogens with one attached hydrogen (secondary N) is 2. The molecule has 4 N–H and O–H groups in total. The Hall–Kier alpha value is -1.11. The van der Waals surface area contributed by atoms with Gasteiger partial charge < -0.3 is 5.43 Å². The minimum atomic E-state index is -3.43. The molecule has 1 aliphatic rings. The van der Waals surface area contributed by atoms with Gasteiger partial charge >= 0.3 is 0 Å². The summed E-state index contributed by atoms with van der Waals surface area (Å²) in [6.45, 7) is 2.20. The summed E-state index contributed by atoms with van der Waals surface area (Å²) in [6.07, 6.45) is 5.27. The molecule has 0 saturated heterocycles. The van der Waals surface area contributed by atoms with Crippen LogP contribution in [-0.4, -0.2) is 14.5 Å². The highest BCUT2D eigenvalue weighted by molar-refractivity contribution is 7.89. The predicted molar refractivity (Wildman–Crippen MR) is 80.6 cm³/mol. The van der Waals surface area contributed by atoms with Gasteiger partial charge in [0.2, 0.25) is 10.0 Å². The largest absolute Gasteiger partial charge is 0.324 e. The molecule has 0 radical (unpaired) electrons. The van der Waals surface area contributed by atoms with Crippen molar-refractivity contribution in [1.82, 2.24) is 4.72 Å². The fourth-order valence-corrected chi connectivity index (χ4v) is 4.01. The first-order valence-corrected chi connectivity index (χ1v) is 8.62. The monoisotopic (exact) mass is 297 g/mol. The van der Waals surface area contributed by atoms with Gasteiger partial charge in [-0.25, -0.2) is 13.1 Å². The highest BCUT2D eigenvalue weighted by Gasteiger charge is 2.24. The molecule has 1 fully saturated rings. The Morgan fingerprint density at radius 1 is 1.15 bits per heavy atom. The molecule has 20 heavy (non-hydrogen) atoms. The lowest BCUT2D eigenvalue weighted by atomic mass is 9.85. The van der Waals surface area contributed by atoms with E-state index in [9.17, 15) is 8.42 Å². The quantitative estimate of drug-likeness (QED) is 0.575. The third-order valence-corrected chi connectivity index (χ3v) is 5.61. The van der Waals surface area contributed by atoms with Crippen LogP contribution in [0.2, 0.25) is 0 Å². The van der Waals surface area contributed by atoms with Crippen LogP contribution in [0.15, 0.2) is 29.2 Å². The molecule has 5 nitrogen and oxygen atoms in total. The third-order valence-electron chi connectivity index (χ3n) is 4.08. The molecule has 0 bridgehead atoms. The van der Waals surface area contributed by atoms with Gasteiger partial charge in [-0.2, -0.15) is 0 Å². The van der Waals surface area contributed by atoms with Crippen LogP contribution in [0.1, 0.15) is 39.0 Å². The Kier molecular flexibility index (Phi) is 5.01. The molecule has 1 aromatic carbocycles. The molecule has 0 aromatic heterocycles. The Bertz CT molecular complexity index is 520. The van der Waals surface area contributed by atoms with E-state index in [1.807, 2.05) is 0 Å². The van der Waals surface area contributed by atoms with Gasteiger partial charge in [0, 0.05) is 11.7 Å². The van der Waals surface area contributed by atoms with E-state index in [0.29, 0.717) is 5.69 Å². The van der Waals surface area contributed by atoms with Gasteiger partial charge in [0.1, 0.15) is 0 Å². The van der Waals surface area contributed by atoms with Crippen molar-refractivity contribution < 1.29 is 8.42 Å². The summed E-state index contributed by atoms with van der Waals surface area (Å²) in [5.41, 5.74) is 3.17. The molecule has 0 atom stereocenters. The Morgan fingerprint density at radius 2 is 1.75 bits per heavy atom. The van der Waals surface area contributed by atoms with E-state index < -0.39 is 10.0 Å². The second kappa shape index (κ2) is 6.56. The van der Waals surface area contributed by atoms with Gasteiger partial charge in [0.05, 0.1) is 4.90 Å². The first kappa shape index (κ1) is 15.3. The van der Waals surface area contributed by atoms with Crippen molar-refractivity contribution in [2.75, 3.05) is 5.43 Å². The van der Waals surface area contributed by atoms with E-state index in [0.717, 1.165) is 31.6 Å². The lowest BCUT2D eigenvalue weighted by molar-refractivity contribution is 0.306.